The minimum absolute atomic E-state index is 0.107. The van der Waals surface area contributed by atoms with Crippen molar-refractivity contribution in [2.45, 2.75) is 13.5 Å². The number of aromatic nitrogens is 1. The molecule has 4 nitrogen and oxygen atoms in total. The van der Waals surface area contributed by atoms with E-state index in [9.17, 15) is 14.0 Å². The fourth-order valence-electron chi connectivity index (χ4n) is 2.39. The van der Waals surface area contributed by atoms with E-state index in [1.165, 1.54) is 16.7 Å². The van der Waals surface area contributed by atoms with Crippen molar-refractivity contribution >= 4 is 38.9 Å². The van der Waals surface area contributed by atoms with Gasteiger partial charge in [0.1, 0.15) is 12.4 Å². The fourth-order valence-corrected chi connectivity index (χ4v) is 3.41. The largest absolute Gasteiger partial charge is 0.325 e. The molecule has 128 valence electrons. The van der Waals surface area contributed by atoms with Crippen LogP contribution in [0, 0.1) is 12.7 Å². The number of nitrogens with one attached hydrogen (secondary N) is 1. The van der Waals surface area contributed by atoms with Gasteiger partial charge in [-0.2, -0.15) is 0 Å². The van der Waals surface area contributed by atoms with Crippen molar-refractivity contribution in [3.63, 3.8) is 0 Å². The molecule has 0 saturated carbocycles. The van der Waals surface area contributed by atoms with Crippen molar-refractivity contribution in [3.05, 3.63) is 73.4 Å². The number of rotatable bonds is 4. The molecule has 0 fully saturated rings. The van der Waals surface area contributed by atoms with Gasteiger partial charge in [-0.15, -0.1) is 0 Å². The lowest BCUT2D eigenvalue weighted by Gasteiger charge is -2.10. The van der Waals surface area contributed by atoms with Gasteiger partial charge in [-0.1, -0.05) is 27.3 Å². The molecule has 1 heterocycles. The van der Waals surface area contributed by atoms with Gasteiger partial charge in [-0.25, -0.2) is 4.39 Å². The topological polar surface area (TPSA) is 51.1 Å². The molecular formula is C18H14BrFN2O2S. The van der Waals surface area contributed by atoms with Crippen LogP contribution < -0.4 is 10.2 Å². The summed E-state index contributed by atoms with van der Waals surface area (Å²) in [6, 6.07) is 11.3. The van der Waals surface area contributed by atoms with Crippen molar-refractivity contribution in [3.8, 4) is 11.3 Å². The maximum absolute atomic E-state index is 13.1. The molecule has 0 aliphatic rings. The number of thiazole rings is 1. The molecule has 0 atom stereocenters. The van der Waals surface area contributed by atoms with E-state index in [1.807, 2.05) is 19.1 Å². The van der Waals surface area contributed by atoms with Crippen molar-refractivity contribution < 1.29 is 9.18 Å². The molecule has 3 aromatic rings. The third kappa shape index (κ3) is 4.05. The molecular weight excluding hydrogens is 407 g/mol. The van der Waals surface area contributed by atoms with Gasteiger partial charge in [0.2, 0.25) is 5.91 Å². The summed E-state index contributed by atoms with van der Waals surface area (Å²) in [6.45, 7) is 1.82. The van der Waals surface area contributed by atoms with E-state index in [-0.39, 0.29) is 23.1 Å². The molecule has 0 aliphatic carbocycles. The van der Waals surface area contributed by atoms with Crippen molar-refractivity contribution in [1.29, 1.82) is 0 Å². The molecule has 0 radical (unpaired) electrons. The van der Waals surface area contributed by atoms with Gasteiger partial charge < -0.3 is 5.32 Å². The SMILES string of the molecule is Cc1cc(NC(=O)Cn2c(-c3ccc(F)cc3)csc2=O)ccc1Br. The molecule has 25 heavy (non-hydrogen) atoms. The molecule has 1 aromatic heterocycles. The van der Waals surface area contributed by atoms with Crippen LogP contribution in [-0.2, 0) is 11.3 Å². The van der Waals surface area contributed by atoms with E-state index in [4.69, 9.17) is 0 Å². The second-order valence-electron chi connectivity index (χ2n) is 5.49. The Morgan fingerprint density at radius 3 is 2.64 bits per heavy atom. The summed E-state index contributed by atoms with van der Waals surface area (Å²) in [4.78, 5) is 24.2. The number of aryl methyl sites for hydroxylation is 1. The minimum Gasteiger partial charge on any atom is -0.325 e. The van der Waals surface area contributed by atoms with Gasteiger partial charge in [0.05, 0.1) is 5.69 Å². The second-order valence-corrected chi connectivity index (χ2v) is 7.17. The van der Waals surface area contributed by atoms with Crippen molar-refractivity contribution in [1.82, 2.24) is 4.57 Å². The van der Waals surface area contributed by atoms with Crippen LogP contribution in [0.4, 0.5) is 10.1 Å². The Morgan fingerprint density at radius 1 is 1.24 bits per heavy atom. The Kier molecular flexibility index (Phi) is 5.15. The molecule has 0 unspecified atom stereocenters. The van der Waals surface area contributed by atoms with E-state index in [0.717, 1.165) is 21.4 Å². The Morgan fingerprint density at radius 2 is 1.96 bits per heavy atom. The van der Waals surface area contributed by atoms with Crippen LogP contribution in [0.15, 0.2) is 57.1 Å². The first-order valence-electron chi connectivity index (χ1n) is 7.44. The van der Waals surface area contributed by atoms with E-state index in [0.29, 0.717) is 16.9 Å². The molecule has 0 spiro atoms. The first-order chi connectivity index (χ1) is 11.9. The number of halogens is 2. The first-order valence-corrected chi connectivity index (χ1v) is 9.11. The average molecular weight is 421 g/mol. The minimum atomic E-state index is -0.351. The Labute approximate surface area is 156 Å². The van der Waals surface area contributed by atoms with Gasteiger partial charge in [0, 0.05) is 15.5 Å². The van der Waals surface area contributed by atoms with Crippen LogP contribution in [0.2, 0.25) is 0 Å². The molecule has 1 amide bonds. The monoisotopic (exact) mass is 420 g/mol. The van der Waals surface area contributed by atoms with Crippen molar-refractivity contribution in [2.75, 3.05) is 5.32 Å². The zero-order chi connectivity index (χ0) is 18.0. The first kappa shape index (κ1) is 17.6. The van der Waals surface area contributed by atoms with Crippen LogP contribution >= 0.6 is 27.3 Å². The van der Waals surface area contributed by atoms with Crippen LogP contribution in [0.1, 0.15) is 5.56 Å². The highest BCUT2D eigenvalue weighted by Gasteiger charge is 2.13. The van der Waals surface area contributed by atoms with Gasteiger partial charge in [0.25, 0.3) is 0 Å². The molecule has 0 saturated heterocycles. The lowest BCUT2D eigenvalue weighted by atomic mass is 10.1. The van der Waals surface area contributed by atoms with E-state index >= 15 is 0 Å². The number of carbonyl (C=O) groups is 1. The summed E-state index contributed by atoms with van der Waals surface area (Å²) in [6.07, 6.45) is 0. The predicted octanol–water partition coefficient (Wildman–Crippen LogP) is 4.43. The summed E-state index contributed by atoms with van der Waals surface area (Å²) < 4.78 is 15.4. The number of carbonyl (C=O) groups excluding carboxylic acids is 1. The zero-order valence-corrected chi connectivity index (χ0v) is 15.7. The highest BCUT2D eigenvalue weighted by Crippen LogP contribution is 2.22. The maximum atomic E-state index is 13.1. The fraction of sp³-hybridized carbons (Fsp3) is 0.111. The molecule has 7 heteroatoms. The van der Waals surface area contributed by atoms with Gasteiger partial charge in [0.15, 0.2) is 0 Å². The highest BCUT2D eigenvalue weighted by atomic mass is 79.9. The summed E-state index contributed by atoms with van der Waals surface area (Å²) >= 11 is 4.42. The molecule has 2 aromatic carbocycles. The average Bonchev–Trinajstić information content (AvgIpc) is 2.93. The standard InChI is InChI=1S/C18H14BrFN2O2S/c1-11-8-14(6-7-15(11)19)21-17(23)9-22-16(10-25-18(22)24)12-2-4-13(20)5-3-12/h2-8,10H,9H2,1H3,(H,21,23). The van der Waals surface area contributed by atoms with Crippen LogP contribution in [0.3, 0.4) is 0 Å². The Bertz CT molecular complexity index is 979. The van der Waals surface area contributed by atoms with Crippen LogP contribution in [-0.4, -0.2) is 10.5 Å². The summed E-state index contributed by atoms with van der Waals surface area (Å²) in [5, 5.41) is 4.46. The zero-order valence-electron chi connectivity index (χ0n) is 13.3. The third-order valence-electron chi connectivity index (χ3n) is 3.67. The lowest BCUT2D eigenvalue weighted by Crippen LogP contribution is -2.25. The molecule has 1 N–H and O–H groups in total. The maximum Gasteiger partial charge on any atom is 0.308 e. The quantitative estimate of drug-likeness (QED) is 0.678. The number of hydrogen-bond donors (Lipinski definition) is 1. The number of amides is 1. The molecule has 3 rings (SSSR count). The highest BCUT2D eigenvalue weighted by molar-refractivity contribution is 9.10. The van der Waals surface area contributed by atoms with Gasteiger partial charge in [-0.05, 0) is 60.5 Å². The third-order valence-corrected chi connectivity index (χ3v) is 5.32. The second kappa shape index (κ2) is 7.33. The molecule has 0 bridgehead atoms. The van der Waals surface area contributed by atoms with Crippen LogP contribution in [0.5, 0.6) is 0 Å². The normalized spacial score (nSPS) is 10.7. The summed E-state index contributed by atoms with van der Waals surface area (Å²) in [5.41, 5.74) is 2.94. The Hall–Kier alpha value is -2.25. The van der Waals surface area contributed by atoms with E-state index in [2.05, 4.69) is 21.2 Å². The van der Waals surface area contributed by atoms with Gasteiger partial charge >= 0.3 is 4.87 Å². The lowest BCUT2D eigenvalue weighted by molar-refractivity contribution is -0.116. The summed E-state index contributed by atoms with van der Waals surface area (Å²) in [7, 11) is 0. The Balaban J connectivity index is 1.81. The predicted molar refractivity (Wildman–Crippen MR) is 101 cm³/mol. The van der Waals surface area contributed by atoms with Crippen molar-refractivity contribution in [2.24, 2.45) is 0 Å². The summed E-state index contributed by atoms with van der Waals surface area (Å²) in [5.74, 6) is -0.651. The van der Waals surface area contributed by atoms with Crippen LogP contribution in [0.25, 0.3) is 11.3 Å². The van der Waals surface area contributed by atoms with E-state index < -0.39 is 0 Å². The number of anilines is 1. The molecule has 0 aliphatic heterocycles. The van der Waals surface area contributed by atoms with E-state index in [1.54, 1.807) is 23.6 Å². The number of hydrogen-bond acceptors (Lipinski definition) is 3. The smallest absolute Gasteiger partial charge is 0.308 e. The van der Waals surface area contributed by atoms with Gasteiger partial charge in [-0.3, -0.25) is 14.2 Å². The number of benzene rings is 2. The number of nitrogens with zero attached hydrogens (tertiary/aromatic N) is 1.